The fourth-order valence-electron chi connectivity index (χ4n) is 0.749. The second kappa shape index (κ2) is 4.83. The van der Waals surface area contributed by atoms with Gasteiger partial charge >= 0.3 is 0 Å². The topological polar surface area (TPSA) is 111 Å². The van der Waals surface area contributed by atoms with Crippen LogP contribution >= 0.6 is 11.8 Å². The summed E-state index contributed by atoms with van der Waals surface area (Å²) >= 11 is 1.51. The third kappa shape index (κ3) is 3.43. The lowest BCUT2D eigenvalue weighted by molar-refractivity contribution is 0.322. The zero-order valence-electron chi connectivity index (χ0n) is 6.97. The maximum Gasteiger partial charge on any atom is 0.225 e. The van der Waals surface area contributed by atoms with Crippen LogP contribution in [0.15, 0.2) is 0 Å². The summed E-state index contributed by atoms with van der Waals surface area (Å²) in [5, 5.41) is 8.53. The smallest absolute Gasteiger partial charge is 0.225 e. The molecule has 5 N–H and O–H groups in total. The van der Waals surface area contributed by atoms with E-state index in [0.717, 1.165) is 0 Å². The Morgan fingerprint density at radius 3 is 2.31 bits per heavy atom. The van der Waals surface area contributed by atoms with E-state index in [-0.39, 0.29) is 18.5 Å². The summed E-state index contributed by atoms with van der Waals surface area (Å²) in [5.41, 5.74) is 10.7. The molecule has 0 unspecified atom stereocenters. The SMILES string of the molecule is Nc1nc(N)nc(CSCCO)n1. The highest BCUT2D eigenvalue weighted by atomic mass is 32.2. The van der Waals surface area contributed by atoms with Crippen molar-refractivity contribution in [3.63, 3.8) is 0 Å². The van der Waals surface area contributed by atoms with E-state index < -0.39 is 0 Å². The normalized spacial score (nSPS) is 10.2. The zero-order valence-corrected chi connectivity index (χ0v) is 7.79. The molecule has 0 fully saturated rings. The van der Waals surface area contributed by atoms with Gasteiger partial charge in [-0.2, -0.15) is 26.7 Å². The number of hydrogen-bond donors (Lipinski definition) is 3. The molecule has 0 saturated heterocycles. The molecule has 1 heterocycles. The quantitative estimate of drug-likeness (QED) is 0.550. The minimum atomic E-state index is 0.132. The Hall–Kier alpha value is -1.08. The van der Waals surface area contributed by atoms with Gasteiger partial charge in [-0.05, 0) is 0 Å². The molecule has 0 aliphatic heterocycles. The molecule has 0 aliphatic carbocycles. The molecule has 0 spiro atoms. The Balaban J connectivity index is 2.56. The lowest BCUT2D eigenvalue weighted by atomic mass is 10.7. The Bertz CT molecular complexity index is 261. The molecular weight excluding hydrogens is 190 g/mol. The average Bonchev–Trinajstić information content (AvgIpc) is 2.03. The van der Waals surface area contributed by atoms with Crippen molar-refractivity contribution >= 4 is 23.7 Å². The Kier molecular flexibility index (Phi) is 3.71. The number of hydrogen-bond acceptors (Lipinski definition) is 7. The molecule has 0 atom stereocenters. The van der Waals surface area contributed by atoms with E-state index in [1.807, 2.05) is 0 Å². The van der Waals surface area contributed by atoms with Crippen LogP contribution in [-0.2, 0) is 5.75 Å². The van der Waals surface area contributed by atoms with E-state index in [1.165, 1.54) is 11.8 Å². The lowest BCUT2D eigenvalue weighted by Crippen LogP contribution is -2.06. The maximum atomic E-state index is 8.53. The molecule has 7 heteroatoms. The van der Waals surface area contributed by atoms with Crippen molar-refractivity contribution < 1.29 is 5.11 Å². The van der Waals surface area contributed by atoms with Gasteiger partial charge in [0.25, 0.3) is 0 Å². The number of nitrogens with two attached hydrogens (primary N) is 2. The highest BCUT2D eigenvalue weighted by Crippen LogP contribution is 2.08. The summed E-state index contributed by atoms with van der Waals surface area (Å²) in [7, 11) is 0. The minimum Gasteiger partial charge on any atom is -0.396 e. The summed E-state index contributed by atoms with van der Waals surface area (Å²) in [6.45, 7) is 0.140. The predicted octanol–water partition coefficient (Wildman–Crippen LogP) is -0.739. The molecule has 0 amide bonds. The van der Waals surface area contributed by atoms with Crippen molar-refractivity contribution in [1.29, 1.82) is 0 Å². The number of thioether (sulfide) groups is 1. The molecule has 0 bridgehead atoms. The van der Waals surface area contributed by atoms with Gasteiger partial charge < -0.3 is 16.6 Å². The summed E-state index contributed by atoms with van der Waals surface area (Å²) in [5.74, 6) is 2.03. The maximum absolute atomic E-state index is 8.53. The van der Waals surface area contributed by atoms with Gasteiger partial charge in [0.15, 0.2) is 0 Å². The summed E-state index contributed by atoms with van der Waals surface area (Å²) < 4.78 is 0. The Morgan fingerprint density at radius 2 is 1.77 bits per heavy atom. The molecule has 0 saturated carbocycles. The van der Waals surface area contributed by atoms with Crippen molar-refractivity contribution in [3.8, 4) is 0 Å². The standard InChI is InChI=1S/C6H11N5OS/c7-5-9-4(3-13-2-1-12)10-6(8)11-5/h12H,1-3H2,(H4,7,8,9,10,11). The molecule has 1 aromatic rings. The first-order chi connectivity index (χ1) is 6.22. The number of aliphatic hydroxyl groups excluding tert-OH is 1. The van der Waals surface area contributed by atoms with Gasteiger partial charge in [0.05, 0.1) is 12.4 Å². The van der Waals surface area contributed by atoms with Crippen LogP contribution in [0.3, 0.4) is 0 Å². The van der Waals surface area contributed by atoms with E-state index in [2.05, 4.69) is 15.0 Å². The molecular formula is C6H11N5OS. The van der Waals surface area contributed by atoms with Gasteiger partial charge in [0.1, 0.15) is 5.82 Å². The minimum absolute atomic E-state index is 0.132. The Labute approximate surface area is 79.8 Å². The number of anilines is 2. The van der Waals surface area contributed by atoms with Crippen LogP contribution in [0.4, 0.5) is 11.9 Å². The van der Waals surface area contributed by atoms with Gasteiger partial charge in [-0.1, -0.05) is 0 Å². The van der Waals surface area contributed by atoms with Crippen molar-refractivity contribution in [1.82, 2.24) is 15.0 Å². The first-order valence-electron chi connectivity index (χ1n) is 3.67. The van der Waals surface area contributed by atoms with E-state index in [9.17, 15) is 0 Å². The van der Waals surface area contributed by atoms with Crippen LogP contribution in [0.25, 0.3) is 0 Å². The second-order valence-electron chi connectivity index (χ2n) is 2.24. The molecule has 0 aromatic carbocycles. The van der Waals surface area contributed by atoms with Gasteiger partial charge in [-0.3, -0.25) is 0 Å². The van der Waals surface area contributed by atoms with E-state index >= 15 is 0 Å². The van der Waals surface area contributed by atoms with E-state index in [1.54, 1.807) is 0 Å². The molecule has 1 rings (SSSR count). The van der Waals surface area contributed by atoms with Gasteiger partial charge in [0.2, 0.25) is 11.9 Å². The number of aliphatic hydroxyl groups is 1. The summed E-state index contributed by atoms with van der Waals surface area (Å²) in [6.07, 6.45) is 0. The fourth-order valence-corrected chi connectivity index (χ4v) is 1.33. The third-order valence-corrected chi connectivity index (χ3v) is 2.12. The summed E-state index contributed by atoms with van der Waals surface area (Å²) in [4.78, 5) is 11.4. The zero-order chi connectivity index (χ0) is 9.68. The van der Waals surface area contributed by atoms with Crippen LogP contribution in [0.1, 0.15) is 5.82 Å². The van der Waals surface area contributed by atoms with Crippen LogP contribution in [0, 0.1) is 0 Å². The second-order valence-corrected chi connectivity index (χ2v) is 3.35. The van der Waals surface area contributed by atoms with E-state index in [0.29, 0.717) is 17.3 Å². The molecule has 13 heavy (non-hydrogen) atoms. The highest BCUT2D eigenvalue weighted by Gasteiger charge is 2.00. The van der Waals surface area contributed by atoms with Gasteiger partial charge in [-0.25, -0.2) is 0 Å². The van der Waals surface area contributed by atoms with Crippen LogP contribution < -0.4 is 11.5 Å². The average molecular weight is 201 g/mol. The number of nitrogens with zero attached hydrogens (tertiary/aromatic N) is 3. The predicted molar refractivity (Wildman–Crippen MR) is 51.9 cm³/mol. The molecule has 0 radical (unpaired) electrons. The molecule has 72 valence electrons. The molecule has 6 nitrogen and oxygen atoms in total. The first kappa shape index (κ1) is 10.0. The molecule has 0 aliphatic rings. The number of rotatable bonds is 4. The van der Waals surface area contributed by atoms with Gasteiger partial charge in [-0.15, -0.1) is 0 Å². The highest BCUT2D eigenvalue weighted by molar-refractivity contribution is 7.98. The largest absolute Gasteiger partial charge is 0.396 e. The van der Waals surface area contributed by atoms with Crippen LogP contribution in [-0.4, -0.2) is 32.4 Å². The monoisotopic (exact) mass is 201 g/mol. The van der Waals surface area contributed by atoms with Crippen LogP contribution in [0.2, 0.25) is 0 Å². The van der Waals surface area contributed by atoms with Crippen molar-refractivity contribution in [2.75, 3.05) is 23.8 Å². The number of nitrogen functional groups attached to an aromatic ring is 2. The Morgan fingerprint density at radius 1 is 1.15 bits per heavy atom. The van der Waals surface area contributed by atoms with Crippen molar-refractivity contribution in [2.24, 2.45) is 0 Å². The van der Waals surface area contributed by atoms with Crippen molar-refractivity contribution in [2.45, 2.75) is 5.75 Å². The first-order valence-corrected chi connectivity index (χ1v) is 4.82. The lowest BCUT2D eigenvalue weighted by Gasteiger charge is -2.00. The number of aromatic nitrogens is 3. The van der Waals surface area contributed by atoms with Crippen molar-refractivity contribution in [3.05, 3.63) is 5.82 Å². The van der Waals surface area contributed by atoms with Crippen LogP contribution in [0.5, 0.6) is 0 Å². The van der Waals surface area contributed by atoms with Gasteiger partial charge in [0, 0.05) is 5.75 Å². The molecule has 1 aromatic heterocycles. The third-order valence-electron chi connectivity index (χ3n) is 1.18. The fraction of sp³-hybridized carbons (Fsp3) is 0.500. The van der Waals surface area contributed by atoms with E-state index in [4.69, 9.17) is 16.6 Å². The summed E-state index contributed by atoms with van der Waals surface area (Å²) in [6, 6.07) is 0.